The molecule has 0 bridgehead atoms. The lowest BCUT2D eigenvalue weighted by Gasteiger charge is -2.15. The number of halogens is 2. The number of hydrogen-bond donors (Lipinski definition) is 2. The Balaban J connectivity index is 1.69. The number of carbonyl (C=O) groups is 1. The highest BCUT2D eigenvalue weighted by Crippen LogP contribution is 2.31. The lowest BCUT2D eigenvalue weighted by atomic mass is 10.1. The first-order valence-corrected chi connectivity index (χ1v) is 8.00. The van der Waals surface area contributed by atoms with Crippen LogP contribution in [-0.2, 0) is 4.79 Å². The Morgan fingerprint density at radius 2 is 2.27 bits per heavy atom. The standard InChI is InChI=1S/C16H19Cl2NO3/c17-13-6-3-7-14(16(13)18)22-10-12(20)9-19-15(21)8-11-4-1-2-5-11/h1,3-4,6-7,11-12,20H,2,5,8-10H2,(H,19,21)/t11-,12+/m0/s1. The summed E-state index contributed by atoms with van der Waals surface area (Å²) in [6.45, 7) is 0.178. The number of aliphatic hydroxyl groups excluding tert-OH is 1. The van der Waals surface area contributed by atoms with Crippen molar-refractivity contribution in [2.75, 3.05) is 13.2 Å². The highest BCUT2D eigenvalue weighted by atomic mass is 35.5. The number of ether oxygens (including phenoxy) is 1. The fraction of sp³-hybridized carbons (Fsp3) is 0.438. The van der Waals surface area contributed by atoms with E-state index < -0.39 is 6.10 Å². The average molecular weight is 344 g/mol. The minimum absolute atomic E-state index is 0.0314. The van der Waals surface area contributed by atoms with Crippen molar-refractivity contribution in [2.24, 2.45) is 5.92 Å². The Bertz CT molecular complexity index is 548. The number of allylic oxidation sites excluding steroid dienone is 2. The number of carbonyl (C=O) groups excluding carboxylic acids is 1. The Labute approximate surface area is 140 Å². The molecule has 0 heterocycles. The molecule has 1 amide bonds. The third-order valence-corrected chi connectivity index (χ3v) is 4.24. The van der Waals surface area contributed by atoms with Gasteiger partial charge in [-0.3, -0.25) is 4.79 Å². The first kappa shape index (κ1) is 17.1. The van der Waals surface area contributed by atoms with Gasteiger partial charge in [-0.2, -0.15) is 0 Å². The van der Waals surface area contributed by atoms with E-state index in [4.69, 9.17) is 27.9 Å². The van der Waals surface area contributed by atoms with Crippen molar-refractivity contribution in [2.45, 2.75) is 25.4 Å². The number of benzene rings is 1. The molecule has 22 heavy (non-hydrogen) atoms. The molecule has 4 nitrogen and oxygen atoms in total. The van der Waals surface area contributed by atoms with Gasteiger partial charge in [0.1, 0.15) is 23.5 Å². The van der Waals surface area contributed by atoms with Gasteiger partial charge in [0.2, 0.25) is 5.91 Å². The minimum Gasteiger partial charge on any atom is -0.489 e. The van der Waals surface area contributed by atoms with Crippen LogP contribution in [0.5, 0.6) is 5.75 Å². The summed E-state index contributed by atoms with van der Waals surface area (Å²) in [5, 5.41) is 13.3. The van der Waals surface area contributed by atoms with E-state index in [1.54, 1.807) is 18.2 Å². The van der Waals surface area contributed by atoms with E-state index >= 15 is 0 Å². The molecule has 0 saturated heterocycles. The first-order chi connectivity index (χ1) is 10.6. The molecule has 0 aromatic heterocycles. The Morgan fingerprint density at radius 1 is 1.45 bits per heavy atom. The van der Waals surface area contributed by atoms with Crippen LogP contribution in [0.2, 0.25) is 10.0 Å². The summed E-state index contributed by atoms with van der Waals surface area (Å²) in [5.74, 6) is 0.672. The van der Waals surface area contributed by atoms with E-state index in [2.05, 4.69) is 17.5 Å². The highest BCUT2D eigenvalue weighted by Gasteiger charge is 2.15. The van der Waals surface area contributed by atoms with Crippen molar-refractivity contribution < 1.29 is 14.6 Å². The maximum absolute atomic E-state index is 11.7. The Hall–Kier alpha value is -1.23. The maximum atomic E-state index is 11.7. The van der Waals surface area contributed by atoms with Crippen LogP contribution < -0.4 is 10.1 Å². The number of hydrogen-bond acceptors (Lipinski definition) is 3. The largest absolute Gasteiger partial charge is 0.489 e. The number of rotatable bonds is 7. The molecular weight excluding hydrogens is 325 g/mol. The van der Waals surface area contributed by atoms with Gasteiger partial charge in [-0.25, -0.2) is 0 Å². The van der Waals surface area contributed by atoms with Gasteiger partial charge >= 0.3 is 0 Å². The minimum atomic E-state index is -0.807. The van der Waals surface area contributed by atoms with E-state index in [1.165, 1.54) is 0 Å². The zero-order valence-electron chi connectivity index (χ0n) is 12.1. The maximum Gasteiger partial charge on any atom is 0.220 e. The second kappa shape index (κ2) is 8.42. The molecular formula is C16H19Cl2NO3. The number of nitrogens with one attached hydrogen (secondary N) is 1. The predicted octanol–water partition coefficient (Wildman–Crippen LogP) is 3.21. The lowest BCUT2D eigenvalue weighted by molar-refractivity contribution is -0.122. The summed E-state index contributed by atoms with van der Waals surface area (Å²) in [7, 11) is 0. The monoisotopic (exact) mass is 343 g/mol. The molecule has 0 spiro atoms. The summed E-state index contributed by atoms with van der Waals surface area (Å²) >= 11 is 11.9. The van der Waals surface area contributed by atoms with Crippen molar-refractivity contribution in [3.05, 3.63) is 40.4 Å². The van der Waals surface area contributed by atoms with Crippen LogP contribution in [0.1, 0.15) is 19.3 Å². The summed E-state index contributed by atoms with van der Waals surface area (Å²) in [4.78, 5) is 11.7. The van der Waals surface area contributed by atoms with Gasteiger partial charge in [0.25, 0.3) is 0 Å². The summed E-state index contributed by atoms with van der Waals surface area (Å²) in [5.41, 5.74) is 0. The topological polar surface area (TPSA) is 58.6 Å². The van der Waals surface area contributed by atoms with Crippen LogP contribution in [0.25, 0.3) is 0 Å². The van der Waals surface area contributed by atoms with Crippen LogP contribution in [0, 0.1) is 5.92 Å². The molecule has 1 aliphatic carbocycles. The lowest BCUT2D eigenvalue weighted by Crippen LogP contribution is -2.35. The van der Waals surface area contributed by atoms with Gasteiger partial charge < -0.3 is 15.2 Å². The van der Waals surface area contributed by atoms with Crippen LogP contribution in [0.4, 0.5) is 0 Å². The molecule has 0 fully saturated rings. The molecule has 1 aromatic carbocycles. The molecule has 1 aromatic rings. The summed E-state index contributed by atoms with van der Waals surface area (Å²) in [6.07, 6.45) is 5.87. The Morgan fingerprint density at radius 3 is 3.00 bits per heavy atom. The van der Waals surface area contributed by atoms with E-state index in [0.29, 0.717) is 28.1 Å². The normalized spacial score (nSPS) is 18.2. The van der Waals surface area contributed by atoms with Crippen molar-refractivity contribution in [1.82, 2.24) is 5.32 Å². The van der Waals surface area contributed by atoms with E-state index in [0.717, 1.165) is 12.8 Å². The van der Waals surface area contributed by atoms with Crippen LogP contribution in [-0.4, -0.2) is 30.3 Å². The fourth-order valence-electron chi connectivity index (χ4n) is 2.25. The smallest absolute Gasteiger partial charge is 0.220 e. The molecule has 2 atom stereocenters. The van der Waals surface area contributed by atoms with E-state index in [9.17, 15) is 9.90 Å². The second-order valence-corrected chi connectivity index (χ2v) is 6.08. The second-order valence-electron chi connectivity index (χ2n) is 5.29. The van der Waals surface area contributed by atoms with Gasteiger partial charge in [-0.1, -0.05) is 41.4 Å². The molecule has 120 valence electrons. The molecule has 2 N–H and O–H groups in total. The van der Waals surface area contributed by atoms with E-state index in [-0.39, 0.29) is 19.1 Å². The predicted molar refractivity (Wildman–Crippen MR) is 87.5 cm³/mol. The molecule has 0 saturated carbocycles. The molecule has 2 rings (SSSR count). The van der Waals surface area contributed by atoms with Gasteiger partial charge in [-0.15, -0.1) is 0 Å². The third kappa shape index (κ3) is 5.20. The van der Waals surface area contributed by atoms with Crippen molar-refractivity contribution >= 4 is 29.1 Å². The molecule has 1 aliphatic rings. The van der Waals surface area contributed by atoms with Gasteiger partial charge in [0.05, 0.1) is 5.02 Å². The van der Waals surface area contributed by atoms with Crippen LogP contribution in [0.15, 0.2) is 30.4 Å². The van der Waals surface area contributed by atoms with E-state index in [1.807, 2.05) is 0 Å². The molecule has 0 aliphatic heterocycles. The number of amides is 1. The number of aliphatic hydroxyl groups is 1. The zero-order chi connectivity index (χ0) is 15.9. The highest BCUT2D eigenvalue weighted by molar-refractivity contribution is 6.42. The average Bonchev–Trinajstić information content (AvgIpc) is 2.99. The zero-order valence-corrected chi connectivity index (χ0v) is 13.6. The molecule has 6 heteroatoms. The van der Waals surface area contributed by atoms with Gasteiger partial charge in [0, 0.05) is 13.0 Å². The molecule has 0 unspecified atom stereocenters. The van der Waals surface area contributed by atoms with Gasteiger partial charge in [0.15, 0.2) is 0 Å². The van der Waals surface area contributed by atoms with Gasteiger partial charge in [-0.05, 0) is 30.9 Å². The quantitative estimate of drug-likeness (QED) is 0.747. The Kier molecular flexibility index (Phi) is 6.55. The van der Waals surface area contributed by atoms with Crippen molar-refractivity contribution in [1.29, 1.82) is 0 Å². The summed E-state index contributed by atoms with van der Waals surface area (Å²) in [6, 6.07) is 5.05. The van der Waals surface area contributed by atoms with Crippen LogP contribution in [0.3, 0.4) is 0 Å². The molecule has 0 radical (unpaired) electrons. The first-order valence-electron chi connectivity index (χ1n) is 7.24. The fourth-order valence-corrected chi connectivity index (χ4v) is 2.59. The summed E-state index contributed by atoms with van der Waals surface area (Å²) < 4.78 is 5.42. The SMILES string of the molecule is O=C(C[C@H]1C=CCC1)NC[C@@H](O)COc1cccc(Cl)c1Cl. The third-order valence-electron chi connectivity index (χ3n) is 3.44. The van der Waals surface area contributed by atoms with Crippen molar-refractivity contribution in [3.63, 3.8) is 0 Å². The van der Waals surface area contributed by atoms with Crippen molar-refractivity contribution in [3.8, 4) is 5.75 Å². The van der Waals surface area contributed by atoms with Crippen LogP contribution >= 0.6 is 23.2 Å².